The van der Waals surface area contributed by atoms with Gasteiger partial charge >= 0.3 is 11.9 Å². The SMILES string of the molecule is CCCCCC(C(C)O)C(CCCCC)C(O)CC.O=C(O)c1ccccc1.O=C(O)c1ccccc1. The number of hydrogen-bond acceptors (Lipinski definition) is 4. The van der Waals surface area contributed by atoms with Crippen molar-refractivity contribution in [3.05, 3.63) is 71.8 Å². The number of aliphatic hydroxyl groups excluding tert-OH is 2. The Hall–Kier alpha value is -2.70. The largest absolute Gasteiger partial charge is 0.478 e. The Morgan fingerprint density at radius 1 is 0.649 bits per heavy atom. The molecular weight excluding hydrogens is 468 g/mol. The van der Waals surface area contributed by atoms with Crippen LogP contribution in [0.5, 0.6) is 0 Å². The van der Waals surface area contributed by atoms with E-state index < -0.39 is 11.9 Å². The lowest BCUT2D eigenvalue weighted by molar-refractivity contribution is 0.00271. The van der Waals surface area contributed by atoms with Gasteiger partial charge in [-0.3, -0.25) is 0 Å². The van der Waals surface area contributed by atoms with Gasteiger partial charge in [0.05, 0.1) is 23.3 Å². The quantitative estimate of drug-likeness (QED) is 0.196. The number of aromatic carboxylic acids is 2. The van der Waals surface area contributed by atoms with Gasteiger partial charge in [0.1, 0.15) is 0 Å². The van der Waals surface area contributed by atoms with Crippen molar-refractivity contribution in [3.8, 4) is 0 Å². The molecule has 0 saturated heterocycles. The number of unbranched alkanes of at least 4 members (excludes halogenated alkanes) is 4. The van der Waals surface area contributed by atoms with E-state index in [-0.39, 0.29) is 24.0 Å². The minimum atomic E-state index is -0.879. The van der Waals surface area contributed by atoms with Crippen LogP contribution in [0.4, 0.5) is 0 Å². The minimum Gasteiger partial charge on any atom is -0.478 e. The van der Waals surface area contributed by atoms with Crippen molar-refractivity contribution < 1.29 is 30.0 Å². The summed E-state index contributed by atoms with van der Waals surface area (Å²) in [6.45, 7) is 8.35. The Balaban J connectivity index is 0.000000591. The zero-order valence-electron chi connectivity index (χ0n) is 23.1. The third-order valence-corrected chi connectivity index (χ3v) is 6.41. The summed E-state index contributed by atoms with van der Waals surface area (Å²) in [5.41, 5.74) is 0.662. The van der Waals surface area contributed by atoms with Crippen LogP contribution in [-0.2, 0) is 0 Å². The smallest absolute Gasteiger partial charge is 0.335 e. The van der Waals surface area contributed by atoms with Gasteiger partial charge in [0.2, 0.25) is 0 Å². The lowest BCUT2D eigenvalue weighted by Gasteiger charge is -2.33. The molecule has 208 valence electrons. The second-order valence-electron chi connectivity index (χ2n) is 9.38. The molecule has 6 nitrogen and oxygen atoms in total. The summed E-state index contributed by atoms with van der Waals surface area (Å²) in [6.07, 6.45) is 9.59. The number of hydrogen-bond donors (Lipinski definition) is 4. The molecule has 0 saturated carbocycles. The number of aliphatic hydroxyl groups is 2. The molecule has 0 aromatic heterocycles. The zero-order chi connectivity index (χ0) is 28.1. The molecule has 6 heteroatoms. The molecule has 4 unspecified atom stereocenters. The van der Waals surface area contributed by atoms with Crippen LogP contribution >= 0.6 is 0 Å². The van der Waals surface area contributed by atoms with Gasteiger partial charge in [-0.25, -0.2) is 9.59 Å². The van der Waals surface area contributed by atoms with Crippen LogP contribution in [0.2, 0.25) is 0 Å². The summed E-state index contributed by atoms with van der Waals surface area (Å²) in [7, 11) is 0. The highest BCUT2D eigenvalue weighted by molar-refractivity contribution is 5.87. The Labute approximate surface area is 223 Å². The first-order chi connectivity index (χ1) is 17.7. The fraction of sp³-hybridized carbons (Fsp3) is 0.548. The molecule has 37 heavy (non-hydrogen) atoms. The van der Waals surface area contributed by atoms with Gasteiger partial charge in [0.15, 0.2) is 0 Å². The highest BCUT2D eigenvalue weighted by Gasteiger charge is 2.29. The van der Waals surface area contributed by atoms with Gasteiger partial charge in [0, 0.05) is 0 Å². The Bertz CT molecular complexity index is 773. The standard InChI is InChI=1S/C17H36O2.2C7H6O2/c1-5-8-10-12-15(14(4)18)16(17(19)7-3)13-11-9-6-2;2*8-7(9)6-4-2-1-3-5-6/h14-19H,5-13H2,1-4H3;2*1-5H,(H,8,9). The first kappa shape index (κ1) is 34.3. The van der Waals surface area contributed by atoms with Gasteiger partial charge in [-0.05, 0) is 62.3 Å². The van der Waals surface area contributed by atoms with Crippen LogP contribution in [0, 0.1) is 11.8 Å². The maximum atomic E-state index is 10.3. The highest BCUT2D eigenvalue weighted by atomic mass is 16.4. The van der Waals surface area contributed by atoms with Gasteiger partial charge in [-0.2, -0.15) is 0 Å². The Morgan fingerprint density at radius 2 is 1.03 bits per heavy atom. The van der Waals surface area contributed by atoms with Crippen molar-refractivity contribution in [2.45, 2.75) is 97.7 Å². The van der Waals surface area contributed by atoms with Crippen molar-refractivity contribution in [2.24, 2.45) is 11.8 Å². The molecule has 0 aliphatic rings. The number of rotatable bonds is 14. The van der Waals surface area contributed by atoms with Crippen molar-refractivity contribution >= 4 is 11.9 Å². The van der Waals surface area contributed by atoms with Crippen LogP contribution in [0.3, 0.4) is 0 Å². The summed E-state index contributed by atoms with van der Waals surface area (Å²) in [6, 6.07) is 16.6. The van der Waals surface area contributed by atoms with Gasteiger partial charge < -0.3 is 20.4 Å². The second-order valence-corrected chi connectivity index (χ2v) is 9.38. The van der Waals surface area contributed by atoms with Crippen LogP contribution < -0.4 is 0 Å². The Morgan fingerprint density at radius 3 is 1.30 bits per heavy atom. The normalized spacial score (nSPS) is 13.6. The molecule has 0 heterocycles. The van der Waals surface area contributed by atoms with Crippen LogP contribution in [0.15, 0.2) is 60.7 Å². The maximum absolute atomic E-state index is 10.3. The molecule has 0 amide bonds. The Kier molecular flexibility index (Phi) is 19.8. The van der Waals surface area contributed by atoms with Crippen molar-refractivity contribution in [3.63, 3.8) is 0 Å². The molecule has 0 bridgehead atoms. The number of benzene rings is 2. The summed E-state index contributed by atoms with van der Waals surface area (Å²) in [5.74, 6) is -1.22. The summed E-state index contributed by atoms with van der Waals surface area (Å²) in [4.78, 5) is 20.4. The molecule has 0 fully saturated rings. The molecule has 4 N–H and O–H groups in total. The molecule has 0 aliphatic carbocycles. The van der Waals surface area contributed by atoms with Crippen molar-refractivity contribution in [1.29, 1.82) is 0 Å². The van der Waals surface area contributed by atoms with E-state index in [1.807, 2.05) is 13.8 Å². The third-order valence-electron chi connectivity index (χ3n) is 6.41. The molecule has 0 radical (unpaired) electrons. The first-order valence-electron chi connectivity index (χ1n) is 13.6. The number of carboxylic acid groups (broad SMARTS) is 2. The van der Waals surface area contributed by atoms with Crippen LogP contribution in [0.1, 0.15) is 106 Å². The highest BCUT2D eigenvalue weighted by Crippen LogP contribution is 2.31. The van der Waals surface area contributed by atoms with Gasteiger partial charge in [-0.15, -0.1) is 0 Å². The van der Waals surface area contributed by atoms with E-state index in [9.17, 15) is 19.8 Å². The van der Waals surface area contributed by atoms with E-state index in [1.165, 1.54) is 38.5 Å². The van der Waals surface area contributed by atoms with Crippen molar-refractivity contribution in [2.75, 3.05) is 0 Å². The predicted octanol–water partition coefficient (Wildman–Crippen LogP) is 7.30. The lowest BCUT2D eigenvalue weighted by atomic mass is 9.77. The molecule has 2 aromatic rings. The van der Waals surface area contributed by atoms with E-state index >= 15 is 0 Å². The fourth-order valence-electron chi connectivity index (χ4n) is 4.23. The second kappa shape index (κ2) is 21.4. The van der Waals surface area contributed by atoms with Crippen molar-refractivity contribution in [1.82, 2.24) is 0 Å². The molecule has 2 rings (SSSR count). The summed E-state index contributed by atoms with van der Waals surface area (Å²) in [5, 5.41) is 37.1. The van der Waals surface area contributed by atoms with Gasteiger partial charge in [0.25, 0.3) is 0 Å². The minimum absolute atomic E-state index is 0.252. The summed E-state index contributed by atoms with van der Waals surface area (Å²) >= 11 is 0. The van der Waals surface area contributed by atoms with E-state index in [2.05, 4.69) is 13.8 Å². The molecule has 2 aromatic carbocycles. The third kappa shape index (κ3) is 15.9. The first-order valence-corrected chi connectivity index (χ1v) is 13.6. The molecule has 0 aliphatic heterocycles. The van der Waals surface area contributed by atoms with E-state index in [1.54, 1.807) is 60.7 Å². The number of carboxylic acids is 2. The van der Waals surface area contributed by atoms with Gasteiger partial charge in [-0.1, -0.05) is 95.7 Å². The molecular formula is C31H48O6. The van der Waals surface area contributed by atoms with E-state index in [0.717, 1.165) is 19.3 Å². The fourth-order valence-corrected chi connectivity index (χ4v) is 4.23. The molecule has 4 atom stereocenters. The average Bonchev–Trinajstić information content (AvgIpc) is 2.91. The molecule has 0 spiro atoms. The number of carbonyl (C=O) groups is 2. The zero-order valence-corrected chi connectivity index (χ0v) is 23.1. The van der Waals surface area contributed by atoms with Crippen LogP contribution in [-0.4, -0.2) is 44.6 Å². The summed E-state index contributed by atoms with van der Waals surface area (Å²) < 4.78 is 0. The monoisotopic (exact) mass is 516 g/mol. The van der Waals surface area contributed by atoms with Crippen LogP contribution in [0.25, 0.3) is 0 Å². The topological polar surface area (TPSA) is 115 Å². The lowest BCUT2D eigenvalue weighted by Crippen LogP contribution is -2.34. The van der Waals surface area contributed by atoms with E-state index in [0.29, 0.717) is 11.1 Å². The average molecular weight is 517 g/mol. The van der Waals surface area contributed by atoms with E-state index in [4.69, 9.17) is 10.2 Å². The predicted molar refractivity (Wildman–Crippen MR) is 150 cm³/mol. The maximum Gasteiger partial charge on any atom is 0.335 e.